The lowest BCUT2D eigenvalue weighted by atomic mass is 9.91. The van der Waals surface area contributed by atoms with Crippen LogP contribution in [0, 0.1) is 0 Å². The van der Waals surface area contributed by atoms with E-state index in [1.807, 2.05) is 0 Å². The molecule has 1 aromatic rings. The van der Waals surface area contributed by atoms with Crippen LogP contribution < -0.4 is 10.6 Å². The fourth-order valence-corrected chi connectivity index (χ4v) is 5.25. The molecule has 3 rings (SSSR count). The summed E-state index contributed by atoms with van der Waals surface area (Å²) in [6.07, 6.45) is 4.20. The maximum atomic E-state index is 12.7. The molecule has 7 nitrogen and oxygen atoms in total. The van der Waals surface area contributed by atoms with E-state index in [4.69, 9.17) is 4.74 Å². The van der Waals surface area contributed by atoms with Gasteiger partial charge in [0.05, 0.1) is 4.90 Å². The first-order valence-corrected chi connectivity index (χ1v) is 11.1. The van der Waals surface area contributed by atoms with Crippen molar-refractivity contribution in [3.05, 3.63) is 29.8 Å². The Hall–Kier alpha value is -1.19. The zero-order chi connectivity index (χ0) is 19.3. The third-order valence-electron chi connectivity index (χ3n) is 5.55. The Labute approximate surface area is 173 Å². The standard InChI is InChI=1S/C19H29N3O4S.ClH/c1-26-19(9-11-20-12-10-19)18(23)21-15-16-5-7-17(8-6-16)27(24,25)22-13-3-2-4-14-22;/h5-8,20H,2-4,9-15H2,1H3,(H,21,23);1H. The van der Waals surface area contributed by atoms with Gasteiger partial charge in [-0.15, -0.1) is 12.4 Å². The van der Waals surface area contributed by atoms with E-state index in [2.05, 4.69) is 10.6 Å². The molecule has 1 aromatic carbocycles. The Morgan fingerprint density at radius 1 is 1.14 bits per heavy atom. The summed E-state index contributed by atoms with van der Waals surface area (Å²) in [7, 11) is -1.85. The highest BCUT2D eigenvalue weighted by Gasteiger charge is 2.39. The predicted octanol–water partition coefficient (Wildman–Crippen LogP) is 1.67. The van der Waals surface area contributed by atoms with E-state index in [9.17, 15) is 13.2 Å². The smallest absolute Gasteiger partial charge is 0.252 e. The minimum absolute atomic E-state index is 0. The molecule has 0 unspecified atom stereocenters. The van der Waals surface area contributed by atoms with Gasteiger partial charge in [-0.2, -0.15) is 4.31 Å². The van der Waals surface area contributed by atoms with Crippen molar-refractivity contribution >= 4 is 28.3 Å². The Kier molecular flexibility index (Phi) is 8.27. The van der Waals surface area contributed by atoms with Crippen LogP contribution in [0.15, 0.2) is 29.2 Å². The molecular weight excluding hydrogens is 402 g/mol. The van der Waals surface area contributed by atoms with Crippen LogP contribution in [0.3, 0.4) is 0 Å². The molecule has 0 spiro atoms. The van der Waals surface area contributed by atoms with E-state index < -0.39 is 15.6 Å². The molecule has 2 fully saturated rings. The van der Waals surface area contributed by atoms with Gasteiger partial charge >= 0.3 is 0 Å². The van der Waals surface area contributed by atoms with Crippen LogP contribution in [0.4, 0.5) is 0 Å². The Bertz CT molecular complexity index is 743. The summed E-state index contributed by atoms with van der Waals surface area (Å²) in [5.41, 5.74) is 0.0872. The Balaban J connectivity index is 0.00000280. The molecule has 2 saturated heterocycles. The minimum atomic E-state index is -3.42. The highest BCUT2D eigenvalue weighted by molar-refractivity contribution is 7.89. The van der Waals surface area contributed by atoms with E-state index in [1.165, 1.54) is 0 Å². The molecule has 28 heavy (non-hydrogen) atoms. The molecule has 0 bridgehead atoms. The van der Waals surface area contributed by atoms with Crippen molar-refractivity contribution in [2.75, 3.05) is 33.3 Å². The lowest BCUT2D eigenvalue weighted by Gasteiger charge is -2.34. The number of hydrogen-bond acceptors (Lipinski definition) is 5. The second kappa shape index (κ2) is 10.0. The number of hydrogen-bond donors (Lipinski definition) is 2. The number of carbonyl (C=O) groups excluding carboxylic acids is 1. The van der Waals surface area contributed by atoms with Crippen molar-refractivity contribution in [3.8, 4) is 0 Å². The molecule has 0 aromatic heterocycles. The van der Waals surface area contributed by atoms with Gasteiger partial charge in [-0.05, 0) is 56.5 Å². The lowest BCUT2D eigenvalue weighted by Crippen LogP contribution is -2.53. The van der Waals surface area contributed by atoms with Crippen LogP contribution in [-0.2, 0) is 26.1 Å². The zero-order valence-corrected chi connectivity index (χ0v) is 17.9. The molecule has 1 amide bonds. The quantitative estimate of drug-likeness (QED) is 0.715. The van der Waals surface area contributed by atoms with Crippen LogP contribution in [-0.4, -0.2) is 57.5 Å². The van der Waals surface area contributed by atoms with Crippen LogP contribution in [0.5, 0.6) is 0 Å². The second-order valence-electron chi connectivity index (χ2n) is 7.24. The summed E-state index contributed by atoms with van der Waals surface area (Å²) in [6, 6.07) is 6.78. The third-order valence-corrected chi connectivity index (χ3v) is 7.46. The fraction of sp³-hybridized carbons (Fsp3) is 0.632. The number of nitrogens with one attached hydrogen (secondary N) is 2. The number of carbonyl (C=O) groups is 1. The van der Waals surface area contributed by atoms with Crippen LogP contribution in [0.2, 0.25) is 0 Å². The average molecular weight is 432 g/mol. The predicted molar refractivity (Wildman–Crippen MR) is 110 cm³/mol. The molecule has 9 heteroatoms. The van der Waals surface area contributed by atoms with Crippen LogP contribution in [0.25, 0.3) is 0 Å². The molecule has 2 heterocycles. The zero-order valence-electron chi connectivity index (χ0n) is 16.3. The minimum Gasteiger partial charge on any atom is -0.368 e. The summed E-state index contributed by atoms with van der Waals surface area (Å²) in [6.45, 7) is 3.04. The number of halogens is 1. The lowest BCUT2D eigenvalue weighted by molar-refractivity contribution is -0.146. The summed E-state index contributed by atoms with van der Waals surface area (Å²) in [4.78, 5) is 12.9. The van der Waals surface area contributed by atoms with Gasteiger partial charge in [0.2, 0.25) is 10.0 Å². The van der Waals surface area contributed by atoms with E-state index in [0.717, 1.165) is 37.9 Å². The number of ether oxygens (including phenoxy) is 1. The maximum absolute atomic E-state index is 12.7. The van der Waals surface area contributed by atoms with Gasteiger partial charge in [-0.3, -0.25) is 4.79 Å². The molecule has 0 atom stereocenters. The first-order chi connectivity index (χ1) is 13.0. The number of benzene rings is 1. The number of sulfonamides is 1. The number of nitrogens with zero attached hydrogens (tertiary/aromatic N) is 1. The van der Waals surface area contributed by atoms with Gasteiger partial charge in [0.25, 0.3) is 5.91 Å². The third kappa shape index (κ3) is 5.04. The van der Waals surface area contributed by atoms with Gasteiger partial charge in [-0.25, -0.2) is 8.42 Å². The van der Waals surface area contributed by atoms with Crippen LogP contribution >= 0.6 is 12.4 Å². The summed E-state index contributed by atoms with van der Waals surface area (Å²) in [5.74, 6) is -0.114. The molecule has 2 N–H and O–H groups in total. The van der Waals surface area contributed by atoms with Crippen molar-refractivity contribution in [2.24, 2.45) is 0 Å². The van der Waals surface area contributed by atoms with Crippen molar-refractivity contribution < 1.29 is 17.9 Å². The van der Waals surface area contributed by atoms with Crippen molar-refractivity contribution in [2.45, 2.75) is 49.1 Å². The fourth-order valence-electron chi connectivity index (χ4n) is 3.73. The van der Waals surface area contributed by atoms with Crippen LogP contribution in [0.1, 0.15) is 37.7 Å². The second-order valence-corrected chi connectivity index (χ2v) is 9.18. The van der Waals surface area contributed by atoms with Crippen molar-refractivity contribution in [3.63, 3.8) is 0 Å². The summed E-state index contributed by atoms with van der Waals surface area (Å²) in [5, 5.41) is 6.16. The van der Waals surface area contributed by atoms with E-state index in [-0.39, 0.29) is 18.3 Å². The van der Waals surface area contributed by atoms with Gasteiger partial charge in [0, 0.05) is 26.7 Å². The van der Waals surface area contributed by atoms with Gasteiger partial charge < -0.3 is 15.4 Å². The highest BCUT2D eigenvalue weighted by atomic mass is 35.5. The largest absolute Gasteiger partial charge is 0.368 e. The van der Waals surface area contributed by atoms with Gasteiger partial charge in [-0.1, -0.05) is 18.6 Å². The number of piperidine rings is 2. The summed E-state index contributed by atoms with van der Waals surface area (Å²) >= 11 is 0. The van der Waals surface area contributed by atoms with E-state index in [1.54, 1.807) is 35.7 Å². The summed E-state index contributed by atoms with van der Waals surface area (Å²) < 4.78 is 32.5. The van der Waals surface area contributed by atoms with E-state index in [0.29, 0.717) is 37.4 Å². The van der Waals surface area contributed by atoms with Gasteiger partial charge in [0.1, 0.15) is 5.60 Å². The SMILES string of the molecule is COC1(C(=O)NCc2ccc(S(=O)(=O)N3CCCCC3)cc2)CCNCC1.Cl. The molecule has 0 aliphatic carbocycles. The molecule has 0 saturated carbocycles. The Morgan fingerprint density at radius 3 is 2.32 bits per heavy atom. The maximum Gasteiger partial charge on any atom is 0.252 e. The molecule has 158 valence electrons. The Morgan fingerprint density at radius 2 is 1.75 bits per heavy atom. The normalized spacial score (nSPS) is 20.2. The highest BCUT2D eigenvalue weighted by Crippen LogP contribution is 2.23. The molecule has 2 aliphatic rings. The van der Waals surface area contributed by atoms with Crippen molar-refractivity contribution in [1.29, 1.82) is 0 Å². The number of amides is 1. The number of methoxy groups -OCH3 is 1. The molecular formula is C19H30ClN3O4S. The first-order valence-electron chi connectivity index (χ1n) is 9.61. The van der Waals surface area contributed by atoms with Gasteiger partial charge in [0.15, 0.2) is 0 Å². The first kappa shape index (κ1) is 23.1. The topological polar surface area (TPSA) is 87.7 Å². The average Bonchev–Trinajstić information content (AvgIpc) is 2.73. The number of rotatable bonds is 6. The molecule has 0 radical (unpaired) electrons. The van der Waals surface area contributed by atoms with E-state index >= 15 is 0 Å². The van der Waals surface area contributed by atoms with Crippen molar-refractivity contribution in [1.82, 2.24) is 14.9 Å². The molecule has 2 aliphatic heterocycles. The monoisotopic (exact) mass is 431 g/mol.